The van der Waals surface area contributed by atoms with Crippen LogP contribution in [-0.2, 0) is 11.3 Å². The van der Waals surface area contributed by atoms with Gasteiger partial charge in [-0.3, -0.25) is 10.4 Å². The molecule has 3 rings (SSSR count). The second-order valence-electron chi connectivity index (χ2n) is 5.28. The molecule has 3 aromatic rings. The van der Waals surface area contributed by atoms with Gasteiger partial charge in [-0.05, 0) is 5.56 Å². The van der Waals surface area contributed by atoms with Gasteiger partial charge in [-0.1, -0.05) is 30.3 Å². The number of anilines is 1. The van der Waals surface area contributed by atoms with Gasteiger partial charge in [-0.25, -0.2) is 9.78 Å². The molecule has 3 N–H and O–H groups in total. The van der Waals surface area contributed by atoms with E-state index in [9.17, 15) is 4.79 Å². The first kappa shape index (κ1) is 16.7. The lowest BCUT2D eigenvalue weighted by atomic mass is 10.2. The number of ether oxygens (including phenoxy) is 2. The Bertz CT molecular complexity index is 835. The van der Waals surface area contributed by atoms with Crippen LogP contribution in [0.4, 0.5) is 10.6 Å². The van der Waals surface area contributed by atoms with Gasteiger partial charge in [0.1, 0.15) is 12.4 Å². The Hall–Kier alpha value is -3.13. The second-order valence-corrected chi connectivity index (χ2v) is 5.28. The normalized spacial score (nSPS) is 10.6. The van der Waals surface area contributed by atoms with Crippen molar-refractivity contribution in [3.05, 3.63) is 48.2 Å². The zero-order valence-electron chi connectivity index (χ0n) is 13.8. The number of carbonyl (C=O) groups is 1. The number of rotatable bonds is 7. The zero-order chi connectivity index (χ0) is 17.5. The van der Waals surface area contributed by atoms with E-state index in [0.29, 0.717) is 31.5 Å². The van der Waals surface area contributed by atoms with Crippen molar-refractivity contribution in [1.29, 1.82) is 0 Å². The highest BCUT2D eigenvalue weighted by atomic mass is 16.5. The number of nitrogens with zero attached hydrogens (tertiary/aromatic N) is 2. The molecule has 8 heteroatoms. The van der Waals surface area contributed by atoms with Crippen molar-refractivity contribution >= 4 is 22.8 Å². The molecule has 0 aliphatic rings. The predicted molar refractivity (Wildman–Crippen MR) is 93.6 cm³/mol. The molecule has 0 spiro atoms. The lowest BCUT2D eigenvalue weighted by Gasteiger charge is -2.07. The Morgan fingerprint density at radius 3 is 2.88 bits per heavy atom. The minimum atomic E-state index is -0.327. The molecule has 0 saturated heterocycles. The molecule has 0 radical (unpaired) electrons. The summed E-state index contributed by atoms with van der Waals surface area (Å²) in [5.74, 6) is 0.879. The fourth-order valence-corrected chi connectivity index (χ4v) is 2.23. The Labute approximate surface area is 144 Å². The van der Waals surface area contributed by atoms with Gasteiger partial charge in [0.25, 0.3) is 0 Å². The maximum Gasteiger partial charge on any atom is 0.320 e. The number of fused-ring (bicyclic) bond motifs is 1. The summed E-state index contributed by atoms with van der Waals surface area (Å²) >= 11 is 0. The minimum absolute atomic E-state index is 0.327. The molecule has 0 saturated carbocycles. The molecule has 0 fully saturated rings. The van der Waals surface area contributed by atoms with E-state index in [1.165, 1.54) is 0 Å². The third-order valence-electron chi connectivity index (χ3n) is 3.48. The molecular formula is C17H19N5O3. The number of H-pyrrole nitrogens is 1. The molecule has 0 aliphatic carbocycles. The molecule has 0 bridgehead atoms. The SMILES string of the molecule is COCCOc1n[nH]c2cc(NC(=O)NCc3ccccc3)ncc12. The van der Waals surface area contributed by atoms with Gasteiger partial charge in [-0.2, -0.15) is 0 Å². The average molecular weight is 341 g/mol. The Kier molecular flexibility index (Phi) is 5.43. The molecule has 2 amide bonds. The molecule has 130 valence electrons. The summed E-state index contributed by atoms with van der Waals surface area (Å²) in [7, 11) is 1.61. The maximum atomic E-state index is 12.0. The van der Waals surface area contributed by atoms with Crippen LogP contribution in [0, 0.1) is 0 Å². The maximum absolute atomic E-state index is 12.0. The number of benzene rings is 1. The van der Waals surface area contributed by atoms with Crippen LogP contribution in [0.5, 0.6) is 5.88 Å². The first-order valence-corrected chi connectivity index (χ1v) is 7.81. The third kappa shape index (κ3) is 4.45. The first-order chi connectivity index (χ1) is 12.3. The number of carbonyl (C=O) groups excluding carboxylic acids is 1. The molecule has 25 heavy (non-hydrogen) atoms. The largest absolute Gasteiger partial charge is 0.474 e. The number of aromatic nitrogens is 3. The highest BCUT2D eigenvalue weighted by Gasteiger charge is 2.10. The van der Waals surface area contributed by atoms with Gasteiger partial charge < -0.3 is 14.8 Å². The molecule has 1 aromatic carbocycles. The van der Waals surface area contributed by atoms with Crippen LogP contribution < -0.4 is 15.4 Å². The van der Waals surface area contributed by atoms with Crippen LogP contribution in [-0.4, -0.2) is 41.5 Å². The Morgan fingerprint density at radius 1 is 1.24 bits per heavy atom. The fourth-order valence-electron chi connectivity index (χ4n) is 2.23. The van der Waals surface area contributed by atoms with E-state index in [1.807, 2.05) is 30.3 Å². The molecule has 2 heterocycles. The summed E-state index contributed by atoms with van der Waals surface area (Å²) in [4.78, 5) is 16.2. The van der Waals surface area contributed by atoms with Gasteiger partial charge in [0.05, 0.1) is 17.5 Å². The molecule has 0 aliphatic heterocycles. The molecule has 0 atom stereocenters. The van der Waals surface area contributed by atoms with Crippen molar-refractivity contribution in [2.24, 2.45) is 0 Å². The number of nitrogens with one attached hydrogen (secondary N) is 3. The third-order valence-corrected chi connectivity index (χ3v) is 3.48. The fraction of sp³-hybridized carbons (Fsp3) is 0.235. The second kappa shape index (κ2) is 8.11. The van der Waals surface area contributed by atoms with Gasteiger partial charge in [0, 0.05) is 25.9 Å². The standard InChI is InChI=1S/C17H19N5O3/c1-24-7-8-25-16-13-11-18-15(9-14(13)21-22-16)20-17(23)19-10-12-5-3-2-4-6-12/h2-6,9,11H,7-8,10H2,1H3,(H,21,22)(H2,18,19,20,23). The van der Waals surface area contributed by atoms with E-state index in [0.717, 1.165) is 16.5 Å². The van der Waals surface area contributed by atoms with Crippen molar-refractivity contribution in [2.45, 2.75) is 6.54 Å². The number of hydrogen-bond acceptors (Lipinski definition) is 5. The highest BCUT2D eigenvalue weighted by Crippen LogP contribution is 2.23. The highest BCUT2D eigenvalue weighted by molar-refractivity contribution is 5.91. The van der Waals surface area contributed by atoms with Crippen molar-refractivity contribution in [2.75, 3.05) is 25.6 Å². The summed E-state index contributed by atoms with van der Waals surface area (Å²) in [6, 6.07) is 11.0. The van der Waals surface area contributed by atoms with Crippen LogP contribution in [0.15, 0.2) is 42.6 Å². The number of aromatic amines is 1. The quantitative estimate of drug-likeness (QED) is 0.573. The predicted octanol–water partition coefficient (Wildman–Crippen LogP) is 2.30. The van der Waals surface area contributed by atoms with E-state index in [1.54, 1.807) is 19.4 Å². The lowest BCUT2D eigenvalue weighted by molar-refractivity contribution is 0.144. The number of pyridine rings is 1. The summed E-state index contributed by atoms with van der Waals surface area (Å²) < 4.78 is 10.4. The number of urea groups is 1. The number of methoxy groups -OCH3 is 1. The van der Waals surface area contributed by atoms with Crippen molar-refractivity contribution in [3.8, 4) is 5.88 Å². The average Bonchev–Trinajstić information content (AvgIpc) is 3.03. The Morgan fingerprint density at radius 2 is 2.08 bits per heavy atom. The smallest absolute Gasteiger partial charge is 0.320 e. The number of hydrogen-bond donors (Lipinski definition) is 3. The van der Waals surface area contributed by atoms with Gasteiger partial charge >= 0.3 is 6.03 Å². The van der Waals surface area contributed by atoms with Crippen molar-refractivity contribution in [3.63, 3.8) is 0 Å². The summed E-state index contributed by atoms with van der Waals surface area (Å²) in [5.41, 5.74) is 1.74. The molecule has 8 nitrogen and oxygen atoms in total. The first-order valence-electron chi connectivity index (χ1n) is 7.81. The van der Waals surface area contributed by atoms with E-state index >= 15 is 0 Å². The van der Waals surface area contributed by atoms with Crippen LogP contribution in [0.25, 0.3) is 10.9 Å². The summed E-state index contributed by atoms with van der Waals surface area (Å²) in [6.07, 6.45) is 1.60. The molecule has 2 aromatic heterocycles. The van der Waals surface area contributed by atoms with Crippen LogP contribution in [0.2, 0.25) is 0 Å². The van der Waals surface area contributed by atoms with Crippen LogP contribution in [0.3, 0.4) is 0 Å². The van der Waals surface area contributed by atoms with E-state index < -0.39 is 0 Å². The number of amides is 2. The van der Waals surface area contributed by atoms with Crippen LogP contribution >= 0.6 is 0 Å². The van der Waals surface area contributed by atoms with E-state index in [4.69, 9.17) is 9.47 Å². The summed E-state index contributed by atoms with van der Waals surface area (Å²) in [6.45, 7) is 1.32. The minimum Gasteiger partial charge on any atom is -0.474 e. The van der Waals surface area contributed by atoms with Crippen molar-refractivity contribution in [1.82, 2.24) is 20.5 Å². The Balaban J connectivity index is 1.59. The monoisotopic (exact) mass is 341 g/mol. The zero-order valence-corrected chi connectivity index (χ0v) is 13.8. The van der Waals surface area contributed by atoms with E-state index in [2.05, 4.69) is 25.8 Å². The van der Waals surface area contributed by atoms with Gasteiger partial charge in [-0.15, -0.1) is 5.10 Å². The molecular weight excluding hydrogens is 322 g/mol. The van der Waals surface area contributed by atoms with E-state index in [-0.39, 0.29) is 6.03 Å². The summed E-state index contributed by atoms with van der Waals surface area (Å²) in [5, 5.41) is 13.2. The lowest BCUT2D eigenvalue weighted by Crippen LogP contribution is -2.28. The topological polar surface area (TPSA) is 101 Å². The van der Waals surface area contributed by atoms with Gasteiger partial charge in [0.2, 0.25) is 5.88 Å². The molecule has 0 unspecified atom stereocenters. The van der Waals surface area contributed by atoms with Gasteiger partial charge in [0.15, 0.2) is 0 Å². The van der Waals surface area contributed by atoms with Crippen LogP contribution in [0.1, 0.15) is 5.56 Å². The van der Waals surface area contributed by atoms with Crippen molar-refractivity contribution < 1.29 is 14.3 Å².